The molecule has 4 rings (SSSR count). The Morgan fingerprint density at radius 2 is 2.12 bits per heavy atom. The van der Waals surface area contributed by atoms with Crippen LogP contribution in [0.5, 0.6) is 0 Å². The molecule has 5 heteroatoms. The van der Waals surface area contributed by atoms with Crippen LogP contribution in [0, 0.1) is 19.8 Å². The van der Waals surface area contributed by atoms with Crippen LogP contribution in [0.15, 0.2) is 29.1 Å². The lowest BCUT2D eigenvalue weighted by Gasteiger charge is -2.13. The minimum atomic E-state index is -0.133. The molecule has 1 heterocycles. The highest BCUT2D eigenvalue weighted by Gasteiger charge is 2.53. The van der Waals surface area contributed by atoms with E-state index in [0.29, 0.717) is 41.8 Å². The molecule has 2 aromatic rings. The second-order valence-corrected chi connectivity index (χ2v) is 7.24. The van der Waals surface area contributed by atoms with Gasteiger partial charge in [0, 0.05) is 29.6 Å². The number of rotatable bonds is 4. The largest absolute Gasteiger partial charge is 0.352 e. The molecule has 130 valence electrons. The van der Waals surface area contributed by atoms with Crippen molar-refractivity contribution in [3.63, 3.8) is 0 Å². The molecule has 1 saturated carbocycles. The normalized spacial score (nSPS) is 23.5. The van der Waals surface area contributed by atoms with Crippen molar-refractivity contribution in [1.82, 2.24) is 15.3 Å². The first-order chi connectivity index (χ1) is 12.0. The summed E-state index contributed by atoms with van der Waals surface area (Å²) >= 11 is 0. The van der Waals surface area contributed by atoms with E-state index in [0.717, 1.165) is 12.8 Å². The smallest absolute Gasteiger partial charge is 0.254 e. The monoisotopic (exact) mass is 337 g/mol. The molecule has 1 amide bonds. The van der Waals surface area contributed by atoms with Gasteiger partial charge in [0.15, 0.2) is 0 Å². The van der Waals surface area contributed by atoms with Crippen LogP contribution < -0.4 is 10.9 Å². The highest BCUT2D eigenvalue weighted by atomic mass is 16.1. The van der Waals surface area contributed by atoms with Crippen molar-refractivity contribution in [3.05, 3.63) is 62.8 Å². The SMILES string of the molecule is Cc1nc(C)c(CCC(=O)N[C@@H]2[C@@H]3CCc4ccccc4[C@H]32)c(=O)[nH]1. The van der Waals surface area contributed by atoms with Crippen LogP contribution in [-0.2, 0) is 17.6 Å². The topological polar surface area (TPSA) is 74.8 Å². The van der Waals surface area contributed by atoms with Crippen molar-refractivity contribution in [2.24, 2.45) is 5.92 Å². The zero-order valence-electron chi connectivity index (χ0n) is 14.6. The van der Waals surface area contributed by atoms with E-state index in [1.165, 1.54) is 11.1 Å². The van der Waals surface area contributed by atoms with E-state index < -0.39 is 0 Å². The molecule has 1 aromatic carbocycles. The number of amides is 1. The predicted molar refractivity (Wildman–Crippen MR) is 95.6 cm³/mol. The minimum Gasteiger partial charge on any atom is -0.352 e. The predicted octanol–water partition coefficient (Wildman–Crippen LogP) is 2.16. The van der Waals surface area contributed by atoms with Gasteiger partial charge in [-0.2, -0.15) is 0 Å². The van der Waals surface area contributed by atoms with Gasteiger partial charge in [0.05, 0.1) is 0 Å². The summed E-state index contributed by atoms with van der Waals surface area (Å²) in [5.74, 6) is 1.68. The maximum Gasteiger partial charge on any atom is 0.254 e. The van der Waals surface area contributed by atoms with Gasteiger partial charge in [0.2, 0.25) is 5.91 Å². The van der Waals surface area contributed by atoms with Crippen LogP contribution in [0.1, 0.15) is 47.0 Å². The summed E-state index contributed by atoms with van der Waals surface area (Å²) in [6.45, 7) is 3.58. The molecular formula is C20H23N3O2. The summed E-state index contributed by atoms with van der Waals surface area (Å²) in [4.78, 5) is 31.4. The number of H-pyrrole nitrogens is 1. The third kappa shape index (κ3) is 2.99. The van der Waals surface area contributed by atoms with E-state index in [2.05, 4.69) is 39.6 Å². The average Bonchev–Trinajstić information content (AvgIpc) is 3.27. The number of benzene rings is 1. The number of hydrogen-bond donors (Lipinski definition) is 2. The van der Waals surface area contributed by atoms with Crippen LogP contribution in [0.3, 0.4) is 0 Å². The maximum atomic E-state index is 12.4. The molecule has 0 spiro atoms. The minimum absolute atomic E-state index is 0.0243. The van der Waals surface area contributed by atoms with E-state index in [1.807, 2.05) is 6.92 Å². The van der Waals surface area contributed by atoms with Gasteiger partial charge in [-0.1, -0.05) is 24.3 Å². The standard InChI is InChI=1S/C20H23N3O2/c1-11-14(20(25)22-12(2)21-11)9-10-17(24)23-19-16-8-7-13-5-3-4-6-15(13)18(16)19/h3-6,16,18-19H,7-10H2,1-2H3,(H,23,24)(H,21,22,25)/t16-,18-,19-/m1/s1. The van der Waals surface area contributed by atoms with E-state index in [1.54, 1.807) is 6.92 Å². The van der Waals surface area contributed by atoms with E-state index >= 15 is 0 Å². The molecule has 1 fully saturated rings. The average molecular weight is 337 g/mol. The van der Waals surface area contributed by atoms with Gasteiger partial charge in [-0.25, -0.2) is 4.98 Å². The van der Waals surface area contributed by atoms with Crippen LogP contribution >= 0.6 is 0 Å². The Labute approximate surface area is 146 Å². The quantitative estimate of drug-likeness (QED) is 0.898. The Kier molecular flexibility index (Phi) is 3.94. The molecule has 2 N–H and O–H groups in total. The van der Waals surface area contributed by atoms with Crippen molar-refractivity contribution in [2.45, 2.75) is 51.5 Å². The number of fused-ring (bicyclic) bond motifs is 3. The van der Waals surface area contributed by atoms with Gasteiger partial charge in [-0.15, -0.1) is 0 Å². The van der Waals surface area contributed by atoms with Crippen LogP contribution in [-0.4, -0.2) is 21.9 Å². The number of nitrogens with one attached hydrogen (secondary N) is 2. The number of hydrogen-bond acceptors (Lipinski definition) is 3. The lowest BCUT2D eigenvalue weighted by molar-refractivity contribution is -0.121. The van der Waals surface area contributed by atoms with Gasteiger partial charge >= 0.3 is 0 Å². The van der Waals surface area contributed by atoms with Gasteiger partial charge in [0.25, 0.3) is 5.56 Å². The molecule has 5 nitrogen and oxygen atoms in total. The Morgan fingerprint density at radius 3 is 2.92 bits per heavy atom. The highest BCUT2D eigenvalue weighted by molar-refractivity contribution is 5.77. The molecule has 1 aromatic heterocycles. The Morgan fingerprint density at radius 1 is 1.32 bits per heavy atom. The fraction of sp³-hybridized carbons (Fsp3) is 0.450. The van der Waals surface area contributed by atoms with E-state index in [-0.39, 0.29) is 17.5 Å². The van der Waals surface area contributed by atoms with Crippen molar-refractivity contribution in [3.8, 4) is 0 Å². The molecule has 0 radical (unpaired) electrons. The summed E-state index contributed by atoms with van der Waals surface area (Å²) < 4.78 is 0. The number of carbonyl (C=O) groups is 1. The second kappa shape index (κ2) is 6.14. The van der Waals surface area contributed by atoms with Crippen molar-refractivity contribution < 1.29 is 4.79 Å². The second-order valence-electron chi connectivity index (χ2n) is 7.24. The molecule has 25 heavy (non-hydrogen) atoms. The number of nitrogens with zero attached hydrogens (tertiary/aromatic N) is 1. The summed E-state index contributed by atoms with van der Waals surface area (Å²) in [5, 5.41) is 3.19. The molecule has 3 atom stereocenters. The molecule has 0 unspecified atom stereocenters. The lowest BCUT2D eigenvalue weighted by Crippen LogP contribution is -2.28. The molecule has 0 bridgehead atoms. The van der Waals surface area contributed by atoms with Gasteiger partial charge < -0.3 is 10.3 Å². The van der Waals surface area contributed by atoms with E-state index in [4.69, 9.17) is 0 Å². The number of carbonyl (C=O) groups excluding carboxylic acids is 1. The molecule has 0 aliphatic heterocycles. The first-order valence-corrected chi connectivity index (χ1v) is 8.98. The first-order valence-electron chi connectivity index (χ1n) is 8.98. The third-order valence-electron chi connectivity index (χ3n) is 5.60. The van der Waals surface area contributed by atoms with Crippen LogP contribution in [0.2, 0.25) is 0 Å². The van der Waals surface area contributed by atoms with Gasteiger partial charge in [-0.3, -0.25) is 9.59 Å². The zero-order chi connectivity index (χ0) is 17.6. The van der Waals surface area contributed by atoms with Gasteiger partial charge in [0.1, 0.15) is 5.82 Å². The van der Waals surface area contributed by atoms with Crippen molar-refractivity contribution in [1.29, 1.82) is 0 Å². The highest BCUT2D eigenvalue weighted by Crippen LogP contribution is 2.54. The van der Waals surface area contributed by atoms with Gasteiger partial charge in [-0.05, 0) is 50.2 Å². The third-order valence-corrected chi connectivity index (χ3v) is 5.60. The molecular weight excluding hydrogens is 314 g/mol. The van der Waals surface area contributed by atoms with E-state index in [9.17, 15) is 9.59 Å². The number of aromatic nitrogens is 2. The lowest BCUT2D eigenvalue weighted by atomic mass is 9.92. The summed E-state index contributed by atoms with van der Waals surface area (Å²) in [6.07, 6.45) is 3.01. The van der Waals surface area contributed by atoms with Crippen LogP contribution in [0.4, 0.5) is 0 Å². The summed E-state index contributed by atoms with van der Waals surface area (Å²) in [6, 6.07) is 8.82. The zero-order valence-corrected chi connectivity index (χ0v) is 14.6. The Balaban J connectivity index is 1.38. The number of aromatic amines is 1. The Bertz CT molecular complexity index is 887. The first kappa shape index (κ1) is 16.1. The molecule has 2 aliphatic carbocycles. The molecule has 0 saturated heterocycles. The van der Waals surface area contributed by atoms with Crippen molar-refractivity contribution in [2.75, 3.05) is 0 Å². The summed E-state index contributed by atoms with van der Waals surface area (Å²) in [7, 11) is 0. The van der Waals surface area contributed by atoms with Crippen LogP contribution in [0.25, 0.3) is 0 Å². The summed E-state index contributed by atoms with van der Waals surface area (Å²) in [5.41, 5.74) is 4.02. The fourth-order valence-electron chi connectivity index (χ4n) is 4.31. The maximum absolute atomic E-state index is 12.4. The number of aryl methyl sites for hydroxylation is 3. The Hall–Kier alpha value is -2.43. The molecule has 2 aliphatic rings. The fourth-order valence-corrected chi connectivity index (χ4v) is 4.31. The van der Waals surface area contributed by atoms with Crippen molar-refractivity contribution >= 4 is 5.91 Å².